The van der Waals surface area contributed by atoms with E-state index in [1.807, 2.05) is 22.6 Å². The van der Waals surface area contributed by atoms with Gasteiger partial charge >= 0.3 is 6.18 Å². The monoisotopic (exact) mass is 452 g/mol. The Hall–Kier alpha value is -2.04. The van der Waals surface area contributed by atoms with Gasteiger partial charge in [-0.2, -0.15) is 18.3 Å². The first-order valence-corrected chi connectivity index (χ1v) is 7.46. The van der Waals surface area contributed by atoms with Crippen molar-refractivity contribution in [1.29, 1.82) is 5.41 Å². The minimum absolute atomic E-state index is 0.261. The molecular formula is C15H13F4IN4. The van der Waals surface area contributed by atoms with E-state index in [2.05, 4.69) is 16.7 Å². The molecule has 128 valence electrons. The van der Waals surface area contributed by atoms with Crippen LogP contribution in [0.1, 0.15) is 5.56 Å². The van der Waals surface area contributed by atoms with Gasteiger partial charge in [0, 0.05) is 28.5 Å². The third-order valence-electron chi connectivity index (χ3n) is 2.52. The predicted octanol–water partition coefficient (Wildman–Crippen LogP) is 4.82. The third-order valence-corrected chi connectivity index (χ3v) is 3.50. The van der Waals surface area contributed by atoms with Gasteiger partial charge in [0.1, 0.15) is 11.5 Å². The molecule has 0 fully saturated rings. The van der Waals surface area contributed by atoms with Gasteiger partial charge in [-0.1, -0.05) is 12.7 Å². The maximum Gasteiger partial charge on any atom is 0.432 e. The van der Waals surface area contributed by atoms with E-state index in [9.17, 15) is 17.6 Å². The second-order valence-corrected chi connectivity index (χ2v) is 5.53. The number of hydrogen-bond acceptors (Lipinski definition) is 3. The molecule has 0 amide bonds. The van der Waals surface area contributed by atoms with Crippen LogP contribution in [-0.4, -0.2) is 34.9 Å². The van der Waals surface area contributed by atoms with E-state index in [0.717, 1.165) is 18.4 Å². The number of nitrogens with one attached hydrogen (secondary N) is 1. The van der Waals surface area contributed by atoms with Crippen molar-refractivity contribution in [2.45, 2.75) is 6.18 Å². The van der Waals surface area contributed by atoms with Gasteiger partial charge in [-0.3, -0.25) is 10.4 Å². The van der Waals surface area contributed by atoms with Gasteiger partial charge < -0.3 is 0 Å². The van der Waals surface area contributed by atoms with Gasteiger partial charge in [-0.25, -0.2) is 9.07 Å². The highest BCUT2D eigenvalue weighted by atomic mass is 127. The molecule has 1 heterocycles. The van der Waals surface area contributed by atoms with E-state index in [1.165, 1.54) is 24.0 Å². The molecule has 0 saturated heterocycles. The zero-order valence-electron chi connectivity index (χ0n) is 12.5. The molecule has 0 radical (unpaired) electrons. The molecule has 1 rings (SSSR count). The summed E-state index contributed by atoms with van der Waals surface area (Å²) in [5, 5.41) is 10.8. The highest BCUT2D eigenvalue weighted by Gasteiger charge is 2.31. The fourth-order valence-corrected chi connectivity index (χ4v) is 1.89. The van der Waals surface area contributed by atoms with Gasteiger partial charge in [0.05, 0.1) is 18.1 Å². The highest BCUT2D eigenvalue weighted by Crippen LogP contribution is 2.23. The first kappa shape index (κ1) is 20.0. The van der Waals surface area contributed by atoms with E-state index in [4.69, 9.17) is 5.41 Å². The summed E-state index contributed by atoms with van der Waals surface area (Å²) in [6, 6.07) is 0. The predicted molar refractivity (Wildman–Crippen MR) is 96.1 cm³/mol. The average Bonchev–Trinajstić information content (AvgIpc) is 2.96. The first-order chi connectivity index (χ1) is 11.1. The highest BCUT2D eigenvalue weighted by molar-refractivity contribution is 14.1. The number of halogens is 5. The Kier molecular flexibility index (Phi) is 7.26. The molecular weight excluding hydrogens is 439 g/mol. The standard InChI is InChI=1S/C15H13F4IN4/c1-10(6-12(16)8-22-2)24-9-11(7-23-24)13(20)4-3-5-14(21)15(17,18)19/h3-9,21H,1H2,2H3/b5-3-,12-6+,13-4-,21-14?,22-8?. The van der Waals surface area contributed by atoms with Crippen LogP contribution >= 0.6 is 22.6 Å². The normalized spacial score (nSPS) is 13.9. The minimum Gasteiger partial charge on any atom is -0.296 e. The van der Waals surface area contributed by atoms with Crippen molar-refractivity contribution in [3.63, 3.8) is 0 Å². The van der Waals surface area contributed by atoms with E-state index < -0.39 is 17.7 Å². The fourth-order valence-electron chi connectivity index (χ4n) is 1.41. The summed E-state index contributed by atoms with van der Waals surface area (Å²) < 4.78 is 51.8. The maximum absolute atomic E-state index is 13.3. The minimum atomic E-state index is -4.67. The first-order valence-electron chi connectivity index (χ1n) is 6.38. The Bertz CT molecular complexity index is 739. The van der Waals surface area contributed by atoms with E-state index in [1.54, 1.807) is 6.20 Å². The topological polar surface area (TPSA) is 54.0 Å². The second kappa shape index (κ2) is 8.71. The summed E-state index contributed by atoms with van der Waals surface area (Å²) in [7, 11) is 1.43. The maximum atomic E-state index is 13.3. The number of allylic oxidation sites excluding steroid dienone is 6. The molecule has 0 bridgehead atoms. The van der Waals surface area contributed by atoms with Crippen molar-refractivity contribution >= 4 is 43.8 Å². The lowest BCUT2D eigenvalue weighted by molar-refractivity contribution is -0.0584. The van der Waals surface area contributed by atoms with Crippen LogP contribution in [0.3, 0.4) is 0 Å². The summed E-state index contributed by atoms with van der Waals surface area (Å²) in [5.41, 5.74) is -0.569. The molecule has 0 spiro atoms. The lowest BCUT2D eigenvalue weighted by atomic mass is 10.3. The lowest BCUT2D eigenvalue weighted by Gasteiger charge is -2.01. The van der Waals surface area contributed by atoms with Crippen LogP contribution in [0.25, 0.3) is 9.28 Å². The van der Waals surface area contributed by atoms with Crippen LogP contribution in [0, 0.1) is 5.41 Å². The number of aromatic nitrogens is 2. The molecule has 0 aliphatic rings. The average molecular weight is 452 g/mol. The second-order valence-electron chi connectivity index (χ2n) is 4.37. The van der Waals surface area contributed by atoms with Crippen molar-refractivity contribution in [3.05, 3.63) is 54.7 Å². The summed E-state index contributed by atoms with van der Waals surface area (Å²) in [4.78, 5) is 3.53. The Labute approximate surface area is 149 Å². The van der Waals surface area contributed by atoms with Crippen LogP contribution < -0.4 is 0 Å². The molecule has 1 aromatic heterocycles. The largest absolute Gasteiger partial charge is 0.432 e. The van der Waals surface area contributed by atoms with Crippen molar-refractivity contribution in [2.75, 3.05) is 7.05 Å². The Morgan fingerprint density at radius 2 is 2.12 bits per heavy atom. The zero-order chi connectivity index (χ0) is 18.3. The smallest absolute Gasteiger partial charge is 0.296 e. The third kappa shape index (κ3) is 6.22. The Morgan fingerprint density at radius 1 is 1.46 bits per heavy atom. The SMILES string of the molecule is C=C(/C=C(/F)C=NC)n1cc(/C(I)=C/C=C\C(=N)C(F)(F)F)cn1. The van der Waals surface area contributed by atoms with Gasteiger partial charge in [-0.15, -0.1) is 0 Å². The molecule has 9 heteroatoms. The van der Waals surface area contributed by atoms with E-state index >= 15 is 0 Å². The molecule has 4 nitrogen and oxygen atoms in total. The van der Waals surface area contributed by atoms with Crippen molar-refractivity contribution in [3.8, 4) is 0 Å². The lowest BCUT2D eigenvalue weighted by Crippen LogP contribution is -2.18. The van der Waals surface area contributed by atoms with Gasteiger partial charge in [-0.05, 0) is 34.7 Å². The molecule has 0 saturated carbocycles. The van der Waals surface area contributed by atoms with Crippen LogP contribution in [0.4, 0.5) is 17.6 Å². The van der Waals surface area contributed by atoms with Crippen LogP contribution in [0.2, 0.25) is 0 Å². The number of hydrogen-bond donors (Lipinski definition) is 1. The van der Waals surface area contributed by atoms with Crippen molar-refractivity contribution in [2.24, 2.45) is 4.99 Å². The van der Waals surface area contributed by atoms with Crippen molar-refractivity contribution in [1.82, 2.24) is 9.78 Å². The molecule has 24 heavy (non-hydrogen) atoms. The van der Waals surface area contributed by atoms with Crippen molar-refractivity contribution < 1.29 is 17.6 Å². The zero-order valence-corrected chi connectivity index (χ0v) is 14.6. The van der Waals surface area contributed by atoms with E-state index in [-0.39, 0.29) is 5.70 Å². The molecule has 0 unspecified atom stereocenters. The van der Waals surface area contributed by atoms with Crippen LogP contribution in [0.15, 0.2) is 54.1 Å². The van der Waals surface area contributed by atoms with Gasteiger partial charge in [0.25, 0.3) is 0 Å². The number of rotatable bonds is 6. The summed E-state index contributed by atoms with van der Waals surface area (Å²) >= 11 is 1.92. The molecule has 0 atom stereocenters. The Morgan fingerprint density at radius 3 is 2.71 bits per heavy atom. The van der Waals surface area contributed by atoms with Crippen LogP contribution in [-0.2, 0) is 0 Å². The number of alkyl halides is 3. The molecule has 1 N–H and O–H groups in total. The summed E-state index contributed by atoms with van der Waals surface area (Å²) in [6.07, 6.45) is 3.71. The van der Waals surface area contributed by atoms with Gasteiger partial charge in [0.15, 0.2) is 0 Å². The summed E-state index contributed by atoms with van der Waals surface area (Å²) in [6.45, 7) is 3.67. The summed E-state index contributed by atoms with van der Waals surface area (Å²) in [5.74, 6) is -0.585. The number of aliphatic imine (C=N–C) groups is 1. The van der Waals surface area contributed by atoms with Crippen LogP contribution in [0.5, 0.6) is 0 Å². The quantitative estimate of drug-likeness (QED) is 0.286. The molecule has 1 aromatic rings. The van der Waals surface area contributed by atoms with E-state index in [0.29, 0.717) is 15.2 Å². The molecule has 0 aromatic carbocycles. The molecule has 0 aliphatic carbocycles. The van der Waals surface area contributed by atoms with Gasteiger partial charge in [0.2, 0.25) is 0 Å². The Balaban J connectivity index is 2.87. The number of nitrogens with zero attached hydrogens (tertiary/aromatic N) is 3. The fraction of sp³-hybridized carbons (Fsp3) is 0.133. The molecule has 0 aliphatic heterocycles.